The van der Waals surface area contributed by atoms with Crippen LogP contribution in [0.1, 0.15) is 18.9 Å². The summed E-state index contributed by atoms with van der Waals surface area (Å²) in [6.07, 6.45) is 2.79. The molecule has 0 atom stereocenters. The lowest BCUT2D eigenvalue weighted by molar-refractivity contribution is -0.136. The van der Waals surface area contributed by atoms with Crippen molar-refractivity contribution in [2.45, 2.75) is 19.8 Å². The van der Waals surface area contributed by atoms with Crippen molar-refractivity contribution in [2.24, 2.45) is 0 Å². The fraction of sp³-hybridized carbons (Fsp3) is 0.286. The Morgan fingerprint density at radius 1 is 1.39 bits per heavy atom. The molecule has 0 spiro atoms. The first kappa shape index (κ1) is 12.4. The SMILES string of the molecule is CCc1ccc2ccnc(NCCC(=O)O)c2c1. The second-order valence-corrected chi connectivity index (χ2v) is 4.14. The number of benzene rings is 1. The third-order valence-electron chi connectivity index (χ3n) is 2.87. The molecule has 94 valence electrons. The van der Waals surface area contributed by atoms with Crippen LogP contribution in [0.5, 0.6) is 0 Å². The molecule has 0 aliphatic carbocycles. The molecule has 18 heavy (non-hydrogen) atoms. The van der Waals surface area contributed by atoms with Gasteiger partial charge in [-0.05, 0) is 29.5 Å². The molecule has 0 saturated heterocycles. The van der Waals surface area contributed by atoms with Gasteiger partial charge in [-0.15, -0.1) is 0 Å². The highest BCUT2D eigenvalue weighted by molar-refractivity contribution is 5.92. The minimum atomic E-state index is -0.808. The van der Waals surface area contributed by atoms with Crippen LogP contribution < -0.4 is 5.32 Å². The van der Waals surface area contributed by atoms with Gasteiger partial charge in [0.05, 0.1) is 6.42 Å². The van der Waals surface area contributed by atoms with Crippen LogP contribution in [0.4, 0.5) is 5.82 Å². The van der Waals surface area contributed by atoms with Gasteiger partial charge in [-0.3, -0.25) is 4.79 Å². The number of aromatic nitrogens is 1. The van der Waals surface area contributed by atoms with E-state index in [1.165, 1.54) is 5.56 Å². The number of pyridine rings is 1. The number of carbonyl (C=O) groups is 1. The molecule has 0 fully saturated rings. The number of nitrogens with one attached hydrogen (secondary N) is 1. The summed E-state index contributed by atoms with van der Waals surface area (Å²) in [6, 6.07) is 8.23. The van der Waals surface area contributed by atoms with Crippen molar-refractivity contribution in [3.8, 4) is 0 Å². The van der Waals surface area contributed by atoms with Crippen LogP contribution in [0.3, 0.4) is 0 Å². The van der Waals surface area contributed by atoms with Gasteiger partial charge >= 0.3 is 5.97 Å². The van der Waals surface area contributed by atoms with Crippen molar-refractivity contribution in [2.75, 3.05) is 11.9 Å². The molecule has 1 aromatic heterocycles. The zero-order valence-electron chi connectivity index (χ0n) is 10.3. The number of anilines is 1. The van der Waals surface area contributed by atoms with Crippen molar-refractivity contribution >= 4 is 22.6 Å². The van der Waals surface area contributed by atoms with Crippen LogP contribution in [0.2, 0.25) is 0 Å². The Hall–Kier alpha value is -2.10. The van der Waals surface area contributed by atoms with Gasteiger partial charge in [-0.25, -0.2) is 4.98 Å². The smallest absolute Gasteiger partial charge is 0.305 e. The number of aliphatic carboxylic acids is 1. The predicted octanol–water partition coefficient (Wildman–Crippen LogP) is 2.68. The van der Waals surface area contributed by atoms with Gasteiger partial charge in [0, 0.05) is 18.1 Å². The van der Waals surface area contributed by atoms with E-state index in [0.29, 0.717) is 6.54 Å². The van der Waals surface area contributed by atoms with E-state index in [0.717, 1.165) is 23.0 Å². The van der Waals surface area contributed by atoms with E-state index in [1.807, 2.05) is 6.07 Å². The number of hydrogen-bond donors (Lipinski definition) is 2. The quantitative estimate of drug-likeness (QED) is 0.848. The molecule has 4 heteroatoms. The molecular weight excluding hydrogens is 228 g/mol. The Kier molecular flexibility index (Phi) is 3.77. The summed E-state index contributed by atoms with van der Waals surface area (Å²) < 4.78 is 0. The lowest BCUT2D eigenvalue weighted by Crippen LogP contribution is -2.08. The molecule has 2 N–H and O–H groups in total. The standard InChI is InChI=1S/C14H16N2O2/c1-2-10-3-4-11-5-7-15-14(12(11)9-10)16-8-6-13(17)18/h3-5,7,9H,2,6,8H2,1H3,(H,15,16)(H,17,18). The molecule has 1 aromatic carbocycles. The molecular formula is C14H16N2O2. The van der Waals surface area contributed by atoms with Crippen LogP contribution in [0.15, 0.2) is 30.5 Å². The van der Waals surface area contributed by atoms with E-state index < -0.39 is 5.97 Å². The highest BCUT2D eigenvalue weighted by atomic mass is 16.4. The van der Waals surface area contributed by atoms with E-state index in [-0.39, 0.29) is 6.42 Å². The maximum Gasteiger partial charge on any atom is 0.305 e. The van der Waals surface area contributed by atoms with Gasteiger partial charge in [0.25, 0.3) is 0 Å². The second kappa shape index (κ2) is 5.49. The zero-order valence-corrected chi connectivity index (χ0v) is 10.3. The monoisotopic (exact) mass is 244 g/mol. The molecule has 0 amide bonds. The molecule has 2 aromatic rings. The largest absolute Gasteiger partial charge is 0.481 e. The normalized spacial score (nSPS) is 10.5. The van der Waals surface area contributed by atoms with Crippen molar-refractivity contribution < 1.29 is 9.90 Å². The van der Waals surface area contributed by atoms with Crippen LogP contribution in [0.25, 0.3) is 10.8 Å². The van der Waals surface area contributed by atoms with Crippen molar-refractivity contribution in [1.29, 1.82) is 0 Å². The van der Waals surface area contributed by atoms with Gasteiger partial charge < -0.3 is 10.4 Å². The Balaban J connectivity index is 2.28. The third kappa shape index (κ3) is 2.77. The Labute approximate surface area is 106 Å². The van der Waals surface area contributed by atoms with Gasteiger partial charge in [0.1, 0.15) is 5.82 Å². The number of nitrogens with zero attached hydrogens (tertiary/aromatic N) is 1. The van der Waals surface area contributed by atoms with Gasteiger partial charge in [0.15, 0.2) is 0 Å². The highest BCUT2D eigenvalue weighted by Crippen LogP contribution is 2.22. The Morgan fingerprint density at radius 2 is 2.22 bits per heavy atom. The number of aryl methyl sites for hydroxylation is 1. The average Bonchev–Trinajstić information content (AvgIpc) is 2.38. The van der Waals surface area contributed by atoms with Crippen LogP contribution in [0, 0.1) is 0 Å². The maximum absolute atomic E-state index is 10.5. The molecule has 4 nitrogen and oxygen atoms in total. The van der Waals surface area contributed by atoms with Crippen LogP contribution in [-0.4, -0.2) is 22.6 Å². The maximum atomic E-state index is 10.5. The third-order valence-corrected chi connectivity index (χ3v) is 2.87. The summed E-state index contributed by atoms with van der Waals surface area (Å²) in [6.45, 7) is 2.49. The molecule has 2 rings (SSSR count). The van der Waals surface area contributed by atoms with Crippen LogP contribution >= 0.6 is 0 Å². The first-order chi connectivity index (χ1) is 8.70. The van der Waals surface area contributed by atoms with E-state index in [1.54, 1.807) is 6.20 Å². The lowest BCUT2D eigenvalue weighted by Gasteiger charge is -2.08. The van der Waals surface area contributed by atoms with Gasteiger partial charge in [-0.1, -0.05) is 19.1 Å². The summed E-state index contributed by atoms with van der Waals surface area (Å²) in [4.78, 5) is 14.8. The Bertz CT molecular complexity index is 567. The number of carboxylic acids is 1. The molecule has 0 bridgehead atoms. The number of rotatable bonds is 5. The van der Waals surface area contributed by atoms with Crippen molar-refractivity contribution in [3.63, 3.8) is 0 Å². The van der Waals surface area contributed by atoms with Crippen molar-refractivity contribution in [1.82, 2.24) is 4.98 Å². The van der Waals surface area contributed by atoms with Gasteiger partial charge in [-0.2, -0.15) is 0 Å². The minimum Gasteiger partial charge on any atom is -0.481 e. The topological polar surface area (TPSA) is 62.2 Å². The minimum absolute atomic E-state index is 0.0888. The number of hydrogen-bond acceptors (Lipinski definition) is 3. The highest BCUT2D eigenvalue weighted by Gasteiger charge is 2.04. The van der Waals surface area contributed by atoms with Crippen LogP contribution in [-0.2, 0) is 11.2 Å². The number of carboxylic acid groups (broad SMARTS) is 1. The fourth-order valence-electron chi connectivity index (χ4n) is 1.86. The van der Waals surface area contributed by atoms with E-state index >= 15 is 0 Å². The number of fused-ring (bicyclic) bond motifs is 1. The summed E-state index contributed by atoms with van der Waals surface area (Å²) in [5.41, 5.74) is 1.25. The van der Waals surface area contributed by atoms with E-state index in [4.69, 9.17) is 5.11 Å². The van der Waals surface area contributed by atoms with Gasteiger partial charge in [0.2, 0.25) is 0 Å². The fourth-order valence-corrected chi connectivity index (χ4v) is 1.86. The van der Waals surface area contributed by atoms with E-state index in [9.17, 15) is 4.79 Å². The summed E-state index contributed by atoms with van der Waals surface area (Å²) in [5, 5.41) is 13.9. The summed E-state index contributed by atoms with van der Waals surface area (Å²) >= 11 is 0. The first-order valence-corrected chi connectivity index (χ1v) is 6.04. The average molecular weight is 244 g/mol. The predicted molar refractivity (Wildman–Crippen MR) is 71.9 cm³/mol. The lowest BCUT2D eigenvalue weighted by atomic mass is 10.1. The second-order valence-electron chi connectivity index (χ2n) is 4.14. The summed E-state index contributed by atoms with van der Waals surface area (Å²) in [7, 11) is 0. The molecule has 0 saturated carbocycles. The molecule has 0 unspecified atom stereocenters. The van der Waals surface area contributed by atoms with Crippen molar-refractivity contribution in [3.05, 3.63) is 36.0 Å². The van der Waals surface area contributed by atoms with E-state index in [2.05, 4.69) is 35.4 Å². The summed E-state index contributed by atoms with van der Waals surface area (Å²) in [5.74, 6) is -0.0546. The Morgan fingerprint density at radius 3 is 2.94 bits per heavy atom. The molecule has 0 aliphatic heterocycles. The molecule has 1 heterocycles. The molecule has 0 radical (unpaired) electrons. The zero-order chi connectivity index (χ0) is 13.0. The molecule has 0 aliphatic rings. The first-order valence-electron chi connectivity index (χ1n) is 6.04.